The van der Waals surface area contributed by atoms with Gasteiger partial charge >= 0.3 is 0 Å². The fourth-order valence-corrected chi connectivity index (χ4v) is 2.82. The van der Waals surface area contributed by atoms with Crippen LogP contribution in [0.3, 0.4) is 0 Å². The quantitative estimate of drug-likeness (QED) is 0.558. The summed E-state index contributed by atoms with van der Waals surface area (Å²) in [5.74, 6) is -0.115. The van der Waals surface area contributed by atoms with Gasteiger partial charge in [-0.15, -0.1) is 0 Å². The van der Waals surface area contributed by atoms with Crippen LogP contribution >= 0.6 is 23.2 Å². The highest BCUT2D eigenvalue weighted by molar-refractivity contribution is 6.41. The van der Waals surface area contributed by atoms with E-state index in [0.717, 1.165) is 0 Å². The minimum atomic E-state index is -0.335. The molecule has 1 N–H and O–H groups in total. The summed E-state index contributed by atoms with van der Waals surface area (Å²) in [6.45, 7) is 2.86. The Morgan fingerprint density at radius 2 is 1.96 bits per heavy atom. The maximum Gasteiger partial charge on any atom is 0.271 e. The topological polar surface area (TPSA) is 74.0 Å². The van der Waals surface area contributed by atoms with Crippen molar-refractivity contribution in [2.75, 3.05) is 6.54 Å². The van der Waals surface area contributed by atoms with Crippen molar-refractivity contribution in [2.45, 2.75) is 26.6 Å². The Bertz CT molecular complexity index is 956. The molecule has 0 saturated heterocycles. The lowest BCUT2D eigenvalue weighted by atomic mass is 10.3. The highest BCUT2D eigenvalue weighted by Gasteiger charge is 2.12. The molecule has 28 heavy (non-hydrogen) atoms. The van der Waals surface area contributed by atoms with Gasteiger partial charge in [0, 0.05) is 19.3 Å². The number of nitrogens with one attached hydrogen (secondary N) is 1. The second kappa shape index (κ2) is 9.07. The molecule has 0 atom stereocenters. The minimum Gasteiger partial charge on any atom is -0.471 e. The van der Waals surface area contributed by atoms with Crippen LogP contribution in [0.2, 0.25) is 10.2 Å². The van der Waals surface area contributed by atoms with E-state index >= 15 is 0 Å². The van der Waals surface area contributed by atoms with E-state index < -0.39 is 0 Å². The molecule has 0 saturated carbocycles. The van der Waals surface area contributed by atoms with Gasteiger partial charge in [-0.2, -0.15) is 10.2 Å². The normalized spacial score (nSPS) is 10.9. The molecule has 10 heteroatoms. The first-order valence-electron chi connectivity index (χ1n) is 8.52. The Hall–Kier alpha value is -2.58. The third-order valence-electron chi connectivity index (χ3n) is 3.88. The van der Waals surface area contributed by atoms with Crippen molar-refractivity contribution in [1.82, 2.24) is 24.9 Å². The highest BCUT2D eigenvalue weighted by atomic mass is 35.5. The van der Waals surface area contributed by atoms with E-state index in [2.05, 4.69) is 15.5 Å². The van der Waals surface area contributed by atoms with Gasteiger partial charge in [0.05, 0.1) is 5.69 Å². The zero-order chi connectivity index (χ0) is 20.1. The van der Waals surface area contributed by atoms with Crippen LogP contribution in [0.1, 0.15) is 22.6 Å². The SMILES string of the molecule is Cc1nn(CCCNC(=O)c2ccn(COc3ccc(F)cc3)n2)c(Cl)c1Cl. The molecule has 3 rings (SSSR count). The molecule has 0 bridgehead atoms. The van der Waals surface area contributed by atoms with Gasteiger partial charge < -0.3 is 10.1 Å². The van der Waals surface area contributed by atoms with E-state index in [1.54, 1.807) is 23.9 Å². The number of aryl methyl sites for hydroxylation is 2. The lowest BCUT2D eigenvalue weighted by molar-refractivity contribution is 0.0945. The fraction of sp³-hybridized carbons (Fsp3) is 0.278. The molecule has 0 spiro atoms. The summed E-state index contributed by atoms with van der Waals surface area (Å²) in [6, 6.07) is 7.25. The lowest BCUT2D eigenvalue weighted by Crippen LogP contribution is -2.26. The Labute approximate surface area is 171 Å². The van der Waals surface area contributed by atoms with Crippen molar-refractivity contribution in [3.8, 4) is 5.75 Å². The van der Waals surface area contributed by atoms with Gasteiger partial charge in [0.2, 0.25) is 0 Å². The summed E-state index contributed by atoms with van der Waals surface area (Å²) < 4.78 is 21.4. The number of nitrogens with zero attached hydrogens (tertiary/aromatic N) is 4. The van der Waals surface area contributed by atoms with Crippen LogP contribution in [-0.2, 0) is 13.3 Å². The number of halogens is 3. The van der Waals surface area contributed by atoms with Gasteiger partial charge in [-0.25, -0.2) is 9.07 Å². The average molecular weight is 426 g/mol. The van der Waals surface area contributed by atoms with Gasteiger partial charge in [0.25, 0.3) is 5.91 Å². The summed E-state index contributed by atoms with van der Waals surface area (Å²) in [5.41, 5.74) is 0.947. The van der Waals surface area contributed by atoms with E-state index in [1.807, 2.05) is 0 Å². The summed E-state index contributed by atoms with van der Waals surface area (Å²) in [4.78, 5) is 12.2. The van der Waals surface area contributed by atoms with Gasteiger partial charge in [0.1, 0.15) is 27.4 Å². The second-order valence-corrected chi connectivity index (χ2v) is 6.73. The van der Waals surface area contributed by atoms with E-state index in [9.17, 15) is 9.18 Å². The Morgan fingerprint density at radius 3 is 2.64 bits per heavy atom. The lowest BCUT2D eigenvalue weighted by Gasteiger charge is -2.06. The number of hydrogen-bond acceptors (Lipinski definition) is 4. The third-order valence-corrected chi connectivity index (χ3v) is 4.81. The van der Waals surface area contributed by atoms with Crippen molar-refractivity contribution in [3.05, 3.63) is 63.9 Å². The third kappa shape index (κ3) is 5.02. The summed E-state index contributed by atoms with van der Waals surface area (Å²) in [7, 11) is 0. The number of aromatic nitrogens is 4. The average Bonchev–Trinajstić information content (AvgIpc) is 3.26. The molecular weight excluding hydrogens is 408 g/mol. The first-order valence-corrected chi connectivity index (χ1v) is 9.28. The van der Waals surface area contributed by atoms with Crippen molar-refractivity contribution >= 4 is 29.1 Å². The van der Waals surface area contributed by atoms with Crippen LogP contribution < -0.4 is 10.1 Å². The van der Waals surface area contributed by atoms with Crippen LogP contribution in [0.4, 0.5) is 4.39 Å². The van der Waals surface area contributed by atoms with E-state index in [-0.39, 0.29) is 24.1 Å². The molecule has 148 valence electrons. The molecular formula is C18H18Cl2FN5O2. The molecule has 0 aliphatic heterocycles. The van der Waals surface area contributed by atoms with Crippen LogP contribution in [0, 0.1) is 12.7 Å². The molecule has 2 aromatic heterocycles. The van der Waals surface area contributed by atoms with Crippen molar-refractivity contribution < 1.29 is 13.9 Å². The zero-order valence-electron chi connectivity index (χ0n) is 15.0. The van der Waals surface area contributed by atoms with E-state index in [1.165, 1.54) is 28.9 Å². The maximum absolute atomic E-state index is 12.9. The number of ether oxygens (including phenoxy) is 1. The molecule has 7 nitrogen and oxygen atoms in total. The van der Waals surface area contributed by atoms with Crippen molar-refractivity contribution in [3.63, 3.8) is 0 Å². The highest BCUT2D eigenvalue weighted by Crippen LogP contribution is 2.24. The first-order chi connectivity index (χ1) is 13.4. The monoisotopic (exact) mass is 425 g/mol. The molecule has 1 aromatic carbocycles. The Kier molecular flexibility index (Phi) is 6.53. The molecule has 0 aliphatic carbocycles. The number of carbonyl (C=O) groups excluding carboxylic acids is 1. The molecule has 0 aliphatic rings. The number of amides is 1. The van der Waals surface area contributed by atoms with Crippen LogP contribution in [0.25, 0.3) is 0 Å². The van der Waals surface area contributed by atoms with E-state index in [0.29, 0.717) is 41.1 Å². The molecule has 3 aromatic rings. The molecule has 0 unspecified atom stereocenters. The van der Waals surface area contributed by atoms with Gasteiger partial charge in [0.15, 0.2) is 6.73 Å². The van der Waals surface area contributed by atoms with Crippen molar-refractivity contribution in [2.24, 2.45) is 0 Å². The summed E-state index contributed by atoms with van der Waals surface area (Å²) in [6.07, 6.45) is 2.27. The standard InChI is InChI=1S/C18H18Cl2FN5O2/c1-12-16(19)17(20)26(23-12)9-2-8-22-18(27)15-7-10-25(24-15)11-28-14-5-3-13(21)4-6-14/h3-7,10H,2,8-9,11H2,1H3,(H,22,27). The van der Waals surface area contributed by atoms with Gasteiger partial charge in [-0.1, -0.05) is 23.2 Å². The Morgan fingerprint density at radius 1 is 1.21 bits per heavy atom. The first kappa shape index (κ1) is 20.2. The molecule has 0 fully saturated rings. The van der Waals surface area contributed by atoms with Crippen LogP contribution in [0.5, 0.6) is 5.75 Å². The number of hydrogen-bond donors (Lipinski definition) is 1. The molecule has 1 amide bonds. The number of carbonyl (C=O) groups is 1. The number of rotatable bonds is 8. The van der Waals surface area contributed by atoms with Crippen LogP contribution in [0.15, 0.2) is 36.5 Å². The second-order valence-electron chi connectivity index (χ2n) is 5.99. The molecule has 0 radical (unpaired) electrons. The van der Waals surface area contributed by atoms with Gasteiger partial charge in [-0.3, -0.25) is 9.48 Å². The molecule has 2 heterocycles. The smallest absolute Gasteiger partial charge is 0.271 e. The predicted molar refractivity (Wildman–Crippen MR) is 103 cm³/mol. The van der Waals surface area contributed by atoms with Gasteiger partial charge in [-0.05, 0) is 43.7 Å². The summed E-state index contributed by atoms with van der Waals surface area (Å²) in [5, 5.41) is 12.0. The minimum absolute atomic E-state index is 0.108. The maximum atomic E-state index is 12.9. The predicted octanol–water partition coefficient (Wildman–Crippen LogP) is 3.69. The van der Waals surface area contributed by atoms with E-state index in [4.69, 9.17) is 27.9 Å². The van der Waals surface area contributed by atoms with Crippen LogP contribution in [-0.4, -0.2) is 32.0 Å². The Balaban J connectivity index is 1.43. The fourth-order valence-electron chi connectivity index (χ4n) is 2.43. The summed E-state index contributed by atoms with van der Waals surface area (Å²) >= 11 is 12.1. The number of benzene rings is 1. The largest absolute Gasteiger partial charge is 0.471 e. The van der Waals surface area contributed by atoms with Crippen molar-refractivity contribution in [1.29, 1.82) is 0 Å². The zero-order valence-corrected chi connectivity index (χ0v) is 16.5.